The summed E-state index contributed by atoms with van der Waals surface area (Å²) in [6.45, 7) is 1.11. The van der Waals surface area contributed by atoms with Crippen LogP contribution in [0.25, 0.3) is 0 Å². The first-order valence-corrected chi connectivity index (χ1v) is 4.62. The fourth-order valence-corrected chi connectivity index (χ4v) is 0.300. The van der Waals surface area contributed by atoms with Gasteiger partial charge in [0.15, 0.2) is 0 Å². The maximum absolute atomic E-state index is 9.21. The Balaban J connectivity index is 0. The monoisotopic (exact) mass is 241 g/mol. The average molecular weight is 242 g/mol. The van der Waals surface area contributed by atoms with Crippen molar-refractivity contribution < 1.29 is 19.5 Å². The zero-order valence-electron chi connectivity index (χ0n) is 7.71. The highest BCUT2D eigenvalue weighted by Gasteiger charge is 2.02. The number of rotatable bonds is 3. The topological polar surface area (TPSA) is 60.4 Å². The number of aliphatic hydroxyl groups excluding tert-OH is 1. The van der Waals surface area contributed by atoms with Gasteiger partial charge in [-0.2, -0.15) is 0 Å². The number of halogens is 1. The molecule has 0 fully saturated rings. The average Bonchev–Trinajstić information content (AvgIpc) is 1.86. The van der Waals surface area contributed by atoms with Crippen molar-refractivity contribution in [3.63, 3.8) is 0 Å². The molecular weight excluding hydrogens is 226 g/mol. The van der Waals surface area contributed by atoms with Crippen molar-refractivity contribution >= 4 is 21.9 Å². The van der Waals surface area contributed by atoms with Crippen molar-refractivity contribution in [3.05, 3.63) is 0 Å². The summed E-state index contributed by atoms with van der Waals surface area (Å²) in [5.41, 5.74) is 0. The van der Waals surface area contributed by atoms with E-state index in [0.717, 1.165) is 11.0 Å². The van der Waals surface area contributed by atoms with Gasteiger partial charge in [-0.1, -0.05) is 15.9 Å². The predicted octanol–water partition coefficient (Wildman–Crippen LogP) is -1.18. The molecule has 12 heavy (non-hydrogen) atoms. The van der Waals surface area contributed by atoms with Crippen LogP contribution >= 0.6 is 15.9 Å². The highest BCUT2D eigenvalue weighted by Crippen LogP contribution is 1.84. The third-order valence-electron chi connectivity index (χ3n) is 0.880. The molecule has 0 radical (unpaired) electrons. The summed E-state index contributed by atoms with van der Waals surface area (Å²) in [6, 6.07) is 0. The lowest BCUT2D eigenvalue weighted by Gasteiger charge is -2.21. The Hall–Kier alpha value is -0.130. The van der Waals surface area contributed by atoms with E-state index in [1.165, 1.54) is 0 Å². The fourth-order valence-electron chi connectivity index (χ4n) is 0.300. The molecule has 0 aromatic rings. The third-order valence-corrected chi connectivity index (χ3v) is 1.34. The van der Waals surface area contributed by atoms with Crippen LogP contribution in [0, 0.1) is 0 Å². The molecule has 0 saturated heterocycles. The number of hydrogen-bond acceptors (Lipinski definition) is 3. The summed E-state index contributed by atoms with van der Waals surface area (Å²) in [4.78, 5) is 9.21. The SMILES string of the molecule is C[N+](C)(C)CCO.O=C([O-])CBr. The van der Waals surface area contributed by atoms with Crippen LogP contribution in [-0.2, 0) is 4.79 Å². The second kappa shape index (κ2) is 7.52. The Morgan fingerprint density at radius 3 is 1.83 bits per heavy atom. The summed E-state index contributed by atoms with van der Waals surface area (Å²) in [6.07, 6.45) is 0. The van der Waals surface area contributed by atoms with E-state index in [1.807, 2.05) is 0 Å². The number of carboxylic acid groups (broad SMARTS) is 1. The maximum Gasteiger partial charge on any atom is 0.101 e. The van der Waals surface area contributed by atoms with Crippen molar-refractivity contribution in [3.8, 4) is 0 Å². The third kappa shape index (κ3) is 22.5. The van der Waals surface area contributed by atoms with Gasteiger partial charge in [0.2, 0.25) is 0 Å². The van der Waals surface area contributed by atoms with Gasteiger partial charge in [0.05, 0.1) is 33.7 Å². The second-order valence-electron chi connectivity index (χ2n) is 3.24. The standard InChI is InChI=1S/C5H14NO.C2H3BrO2/c1-6(2,3)4-5-7;3-1-2(4)5/h7H,4-5H2,1-3H3;1H2,(H,4,5)/q+1;/p-1. The summed E-state index contributed by atoms with van der Waals surface area (Å²) in [5.74, 6) is -1.08. The second-order valence-corrected chi connectivity index (χ2v) is 3.80. The first kappa shape index (κ1) is 14.4. The van der Waals surface area contributed by atoms with Crippen LogP contribution in [0.3, 0.4) is 0 Å². The molecule has 0 amide bonds. The fraction of sp³-hybridized carbons (Fsp3) is 0.857. The van der Waals surface area contributed by atoms with Crippen molar-refractivity contribution in [2.45, 2.75) is 0 Å². The van der Waals surface area contributed by atoms with E-state index in [0.29, 0.717) is 0 Å². The van der Waals surface area contributed by atoms with Gasteiger partial charge in [0.25, 0.3) is 0 Å². The summed E-state index contributed by atoms with van der Waals surface area (Å²) in [5, 5.41) is 17.5. The van der Waals surface area contributed by atoms with Gasteiger partial charge in [-0.3, -0.25) is 0 Å². The number of aliphatic hydroxyl groups is 1. The maximum atomic E-state index is 9.21. The number of likely N-dealkylation sites (N-methyl/N-ethyl adjacent to an activating group) is 1. The van der Waals surface area contributed by atoms with Gasteiger partial charge >= 0.3 is 0 Å². The predicted molar refractivity (Wildman–Crippen MR) is 48.8 cm³/mol. The van der Waals surface area contributed by atoms with Crippen molar-refractivity contribution in [1.29, 1.82) is 0 Å². The molecule has 0 heterocycles. The first-order chi connectivity index (χ1) is 5.33. The summed E-state index contributed by atoms with van der Waals surface area (Å²) < 4.78 is 0.844. The molecule has 0 bridgehead atoms. The minimum Gasteiger partial charge on any atom is -0.549 e. The smallest absolute Gasteiger partial charge is 0.101 e. The molecule has 0 aliphatic rings. The van der Waals surface area contributed by atoms with E-state index in [4.69, 9.17) is 5.11 Å². The molecular formula is C7H16BrNO3. The Labute approximate surface area is 81.5 Å². The summed E-state index contributed by atoms with van der Waals surface area (Å²) in [7, 11) is 6.16. The molecule has 0 aliphatic carbocycles. The minimum absolute atomic E-state index is 0.0764. The number of aliphatic carboxylic acids is 1. The molecule has 4 nitrogen and oxygen atoms in total. The first-order valence-electron chi connectivity index (χ1n) is 3.50. The van der Waals surface area contributed by atoms with Gasteiger partial charge in [-0.15, -0.1) is 0 Å². The van der Waals surface area contributed by atoms with Crippen LogP contribution in [0.1, 0.15) is 0 Å². The molecule has 0 spiro atoms. The van der Waals surface area contributed by atoms with Crippen molar-refractivity contribution in [2.24, 2.45) is 0 Å². The molecule has 0 atom stereocenters. The van der Waals surface area contributed by atoms with Gasteiger partial charge in [-0.05, 0) is 0 Å². The molecule has 0 aromatic carbocycles. The number of quaternary nitrogens is 1. The summed E-state index contributed by atoms with van der Waals surface area (Å²) >= 11 is 2.65. The number of hydrogen-bond donors (Lipinski definition) is 1. The van der Waals surface area contributed by atoms with Crippen LogP contribution in [-0.4, -0.2) is 55.2 Å². The number of alkyl halides is 1. The highest BCUT2D eigenvalue weighted by molar-refractivity contribution is 9.09. The molecule has 74 valence electrons. The molecule has 0 aliphatic heterocycles. The molecule has 0 rings (SSSR count). The van der Waals surface area contributed by atoms with E-state index in [9.17, 15) is 9.90 Å². The van der Waals surface area contributed by atoms with Crippen LogP contribution in [0.4, 0.5) is 0 Å². The van der Waals surface area contributed by atoms with E-state index < -0.39 is 5.97 Å². The Bertz CT molecular complexity index is 122. The molecule has 0 saturated carbocycles. The highest BCUT2D eigenvalue weighted by atomic mass is 79.9. The van der Waals surface area contributed by atoms with Gasteiger partial charge < -0.3 is 19.5 Å². The zero-order chi connectivity index (χ0) is 10.2. The largest absolute Gasteiger partial charge is 0.549 e. The number of carbonyl (C=O) groups excluding carboxylic acids is 1. The van der Waals surface area contributed by atoms with Crippen molar-refractivity contribution in [2.75, 3.05) is 39.6 Å². The van der Waals surface area contributed by atoms with Gasteiger partial charge in [-0.25, -0.2) is 0 Å². The van der Waals surface area contributed by atoms with Gasteiger partial charge in [0.1, 0.15) is 6.54 Å². The van der Waals surface area contributed by atoms with Gasteiger partial charge in [0, 0.05) is 5.33 Å². The van der Waals surface area contributed by atoms with E-state index in [1.54, 1.807) is 0 Å². The number of nitrogens with zero attached hydrogens (tertiary/aromatic N) is 1. The lowest BCUT2D eigenvalue weighted by atomic mass is 10.5. The number of carboxylic acids is 1. The van der Waals surface area contributed by atoms with E-state index in [-0.39, 0.29) is 11.9 Å². The lowest BCUT2D eigenvalue weighted by Crippen LogP contribution is -2.36. The quantitative estimate of drug-likeness (QED) is 0.500. The van der Waals surface area contributed by atoms with Crippen LogP contribution in [0.5, 0.6) is 0 Å². The molecule has 1 N–H and O–H groups in total. The normalized spacial score (nSPS) is 10.1. The number of carbonyl (C=O) groups is 1. The van der Waals surface area contributed by atoms with Crippen LogP contribution < -0.4 is 5.11 Å². The molecule has 0 aromatic heterocycles. The zero-order valence-corrected chi connectivity index (χ0v) is 9.30. The van der Waals surface area contributed by atoms with Crippen molar-refractivity contribution in [1.82, 2.24) is 0 Å². The Morgan fingerprint density at radius 2 is 1.83 bits per heavy atom. The molecule has 5 heteroatoms. The molecule has 0 unspecified atom stereocenters. The van der Waals surface area contributed by atoms with E-state index >= 15 is 0 Å². The Kier molecular flexibility index (Phi) is 9.02. The van der Waals surface area contributed by atoms with E-state index in [2.05, 4.69) is 37.1 Å². The Morgan fingerprint density at radius 1 is 1.50 bits per heavy atom. The lowest BCUT2D eigenvalue weighted by molar-refractivity contribution is -0.870. The van der Waals surface area contributed by atoms with Crippen LogP contribution in [0.2, 0.25) is 0 Å². The van der Waals surface area contributed by atoms with Crippen LogP contribution in [0.15, 0.2) is 0 Å². The minimum atomic E-state index is -1.08.